The van der Waals surface area contributed by atoms with Crippen LogP contribution in [-0.4, -0.2) is 39.3 Å². The second-order valence-electron chi connectivity index (χ2n) is 8.85. The first kappa shape index (κ1) is 19.0. The van der Waals surface area contributed by atoms with Crippen LogP contribution in [0.15, 0.2) is 12.7 Å². The van der Waals surface area contributed by atoms with Gasteiger partial charge in [0, 0.05) is 16.4 Å². The molecule has 0 saturated carbocycles. The minimum Gasteiger partial charge on any atom is -0.390 e. The van der Waals surface area contributed by atoms with E-state index >= 15 is 0 Å². The highest BCUT2D eigenvalue weighted by atomic mass is 32.1. The number of hydrogen-bond acceptors (Lipinski definition) is 8. The van der Waals surface area contributed by atoms with E-state index in [1.807, 2.05) is 0 Å². The van der Waals surface area contributed by atoms with Crippen LogP contribution in [0.3, 0.4) is 0 Å². The Morgan fingerprint density at radius 2 is 2.10 bits per heavy atom. The van der Waals surface area contributed by atoms with Gasteiger partial charge in [-0.1, -0.05) is 25.8 Å². The fourth-order valence-corrected chi connectivity index (χ4v) is 5.42. The van der Waals surface area contributed by atoms with Gasteiger partial charge in [0.2, 0.25) is 6.33 Å². The Morgan fingerprint density at radius 1 is 1.27 bits per heavy atom. The van der Waals surface area contributed by atoms with E-state index in [4.69, 9.17) is 4.98 Å². The molecule has 0 aliphatic heterocycles. The molecule has 0 aromatic carbocycles. The van der Waals surface area contributed by atoms with Crippen molar-refractivity contribution in [1.82, 2.24) is 34.3 Å². The lowest BCUT2D eigenvalue weighted by Gasteiger charge is -2.33. The Hall–Kier alpha value is -2.95. The monoisotopic (exact) mass is 426 g/mol. The highest BCUT2D eigenvalue weighted by Gasteiger charge is 2.31. The van der Waals surface area contributed by atoms with E-state index in [0.29, 0.717) is 30.1 Å². The van der Waals surface area contributed by atoms with Gasteiger partial charge in [0.15, 0.2) is 11.5 Å². The third-order valence-electron chi connectivity index (χ3n) is 5.91. The predicted octanol–water partition coefficient (Wildman–Crippen LogP) is 3.23. The molecule has 1 aliphatic rings. The number of nitrogens with zero attached hydrogens (tertiary/aromatic N) is 8. The van der Waals surface area contributed by atoms with Crippen molar-refractivity contribution in [3.8, 4) is 0 Å². The van der Waals surface area contributed by atoms with E-state index in [-0.39, 0.29) is 0 Å². The smallest absolute Gasteiger partial charge is 0.390 e. The summed E-state index contributed by atoms with van der Waals surface area (Å²) in [6.07, 6.45) is 6.89. The van der Waals surface area contributed by atoms with E-state index in [1.165, 1.54) is 27.9 Å². The summed E-state index contributed by atoms with van der Waals surface area (Å²) in [7, 11) is 0. The Balaban J connectivity index is 1.45. The molecule has 5 rings (SSSR count). The van der Waals surface area contributed by atoms with Crippen molar-refractivity contribution in [2.75, 3.05) is 0 Å². The lowest BCUT2D eigenvalue weighted by molar-refractivity contribution is -0.394. The van der Waals surface area contributed by atoms with Gasteiger partial charge in [-0.3, -0.25) is 0 Å². The maximum absolute atomic E-state index is 10.7. The molecule has 0 amide bonds. The highest BCUT2D eigenvalue weighted by Crippen LogP contribution is 2.43. The molecule has 0 bridgehead atoms. The molecule has 4 aromatic rings. The number of fused-ring (bicyclic) bond motifs is 5. The first-order chi connectivity index (χ1) is 14.3. The van der Waals surface area contributed by atoms with Gasteiger partial charge in [0.1, 0.15) is 11.2 Å². The zero-order valence-electron chi connectivity index (χ0n) is 17.1. The largest absolute Gasteiger partial charge is 0.490 e. The molecular weight excluding hydrogens is 404 g/mol. The SMILES string of the molecule is CC(C)(C)C1CCc2c(sc3ncn4nc(CCn5cnc([N+](=O)[O-])n5)nc4c23)C1. The van der Waals surface area contributed by atoms with E-state index < -0.39 is 10.9 Å². The van der Waals surface area contributed by atoms with Crippen molar-refractivity contribution < 1.29 is 4.92 Å². The predicted molar refractivity (Wildman–Crippen MR) is 112 cm³/mol. The summed E-state index contributed by atoms with van der Waals surface area (Å²) >= 11 is 1.78. The van der Waals surface area contributed by atoms with Crippen LogP contribution >= 0.6 is 11.3 Å². The van der Waals surface area contributed by atoms with Gasteiger partial charge in [0.05, 0.1) is 11.9 Å². The number of aryl methyl sites for hydroxylation is 3. The van der Waals surface area contributed by atoms with Crippen molar-refractivity contribution >= 4 is 33.1 Å². The van der Waals surface area contributed by atoms with Crippen molar-refractivity contribution in [2.45, 2.75) is 53.0 Å². The second-order valence-corrected chi connectivity index (χ2v) is 9.93. The minimum absolute atomic E-state index is 0.301. The standard InChI is InChI=1S/C19H22N8O2S/c1-19(2,3)11-4-5-12-13(8-11)30-17-15(12)16-22-14(23-26(16)10-20-17)6-7-25-9-21-18(24-25)27(28)29/h9-11H,4-8H2,1-3H3. The summed E-state index contributed by atoms with van der Waals surface area (Å²) in [6, 6.07) is 0. The van der Waals surface area contributed by atoms with E-state index in [0.717, 1.165) is 28.7 Å². The van der Waals surface area contributed by atoms with Crippen molar-refractivity contribution in [3.63, 3.8) is 0 Å². The average Bonchev–Trinajstić information content (AvgIpc) is 3.40. The van der Waals surface area contributed by atoms with Crippen LogP contribution in [0.5, 0.6) is 0 Å². The Kier molecular flexibility index (Phi) is 4.31. The molecule has 4 aromatic heterocycles. The second kappa shape index (κ2) is 6.79. The van der Waals surface area contributed by atoms with Gasteiger partial charge in [-0.25, -0.2) is 14.5 Å². The molecule has 0 radical (unpaired) electrons. The Bertz CT molecular complexity index is 1270. The summed E-state index contributed by atoms with van der Waals surface area (Å²) in [6.45, 7) is 7.38. The molecule has 156 valence electrons. The third kappa shape index (κ3) is 3.22. The highest BCUT2D eigenvalue weighted by molar-refractivity contribution is 7.19. The lowest BCUT2D eigenvalue weighted by Crippen LogP contribution is -2.26. The zero-order chi connectivity index (χ0) is 21.0. The molecule has 0 N–H and O–H groups in total. The van der Waals surface area contributed by atoms with Crippen LogP contribution in [0.25, 0.3) is 15.9 Å². The van der Waals surface area contributed by atoms with E-state index in [2.05, 4.69) is 40.9 Å². The van der Waals surface area contributed by atoms with Gasteiger partial charge >= 0.3 is 5.95 Å². The molecular formula is C19H22N8O2S. The molecule has 4 heterocycles. The van der Waals surface area contributed by atoms with Crippen molar-refractivity contribution in [2.24, 2.45) is 11.3 Å². The van der Waals surface area contributed by atoms with Crippen LogP contribution in [-0.2, 0) is 25.8 Å². The van der Waals surface area contributed by atoms with Crippen LogP contribution in [0.2, 0.25) is 0 Å². The molecule has 1 atom stereocenters. The number of rotatable bonds is 4. The quantitative estimate of drug-likeness (QED) is 0.363. The molecule has 0 fully saturated rings. The third-order valence-corrected chi connectivity index (χ3v) is 7.07. The summed E-state index contributed by atoms with van der Waals surface area (Å²) in [5.41, 5.74) is 2.51. The summed E-state index contributed by atoms with van der Waals surface area (Å²) in [4.78, 5) is 25.6. The first-order valence-corrected chi connectivity index (χ1v) is 10.8. The number of nitro groups is 1. The van der Waals surface area contributed by atoms with Gasteiger partial charge < -0.3 is 10.1 Å². The normalized spacial score (nSPS) is 17.0. The van der Waals surface area contributed by atoms with Crippen molar-refractivity contribution in [3.05, 3.63) is 39.0 Å². The molecule has 10 nitrogen and oxygen atoms in total. The van der Waals surface area contributed by atoms with Gasteiger partial charge in [-0.15, -0.1) is 16.4 Å². The zero-order valence-corrected chi connectivity index (χ0v) is 17.9. The van der Waals surface area contributed by atoms with Crippen molar-refractivity contribution in [1.29, 1.82) is 0 Å². The Morgan fingerprint density at radius 3 is 2.83 bits per heavy atom. The molecule has 0 spiro atoms. The van der Waals surface area contributed by atoms with Gasteiger partial charge in [0.25, 0.3) is 0 Å². The van der Waals surface area contributed by atoms with Crippen LogP contribution in [0, 0.1) is 21.4 Å². The van der Waals surface area contributed by atoms with Crippen LogP contribution < -0.4 is 0 Å². The fraction of sp³-hybridized carbons (Fsp3) is 0.526. The Labute approximate surface area is 176 Å². The molecule has 1 unspecified atom stereocenters. The fourth-order valence-electron chi connectivity index (χ4n) is 4.15. The summed E-state index contributed by atoms with van der Waals surface area (Å²) in [5.74, 6) is 0.933. The van der Waals surface area contributed by atoms with Gasteiger partial charge in [-0.05, 0) is 41.1 Å². The lowest BCUT2D eigenvalue weighted by atomic mass is 9.72. The van der Waals surface area contributed by atoms with Gasteiger partial charge in [-0.2, -0.15) is 4.68 Å². The van der Waals surface area contributed by atoms with E-state index in [9.17, 15) is 10.1 Å². The summed E-state index contributed by atoms with van der Waals surface area (Å²) < 4.78 is 3.18. The maximum atomic E-state index is 10.7. The number of thiophene rings is 1. The van der Waals surface area contributed by atoms with Crippen LogP contribution in [0.4, 0.5) is 5.95 Å². The molecule has 11 heteroatoms. The topological polar surface area (TPSA) is 117 Å². The first-order valence-electron chi connectivity index (χ1n) is 9.98. The molecule has 0 saturated heterocycles. The van der Waals surface area contributed by atoms with E-state index in [1.54, 1.807) is 22.2 Å². The average molecular weight is 427 g/mol. The maximum Gasteiger partial charge on any atom is 0.490 e. The molecule has 1 aliphatic carbocycles. The number of hydrogen-bond donors (Lipinski definition) is 0. The summed E-state index contributed by atoms with van der Waals surface area (Å²) in [5, 5.41) is 20.2. The number of aromatic nitrogens is 7. The van der Waals surface area contributed by atoms with Crippen LogP contribution in [0.1, 0.15) is 43.5 Å². The molecule has 30 heavy (non-hydrogen) atoms. The minimum atomic E-state index is -0.605.